The Morgan fingerprint density at radius 2 is 1.72 bits per heavy atom. The number of phenols is 2. The van der Waals surface area contributed by atoms with Gasteiger partial charge in [0.05, 0.1) is 0 Å². The number of aryl methyl sites for hydroxylation is 1. The topological polar surface area (TPSA) is 40.5 Å². The molecular weight excluding hydrogens is 308 g/mol. The van der Waals surface area contributed by atoms with Crippen molar-refractivity contribution in [3.63, 3.8) is 0 Å². The van der Waals surface area contributed by atoms with Gasteiger partial charge in [-0.2, -0.15) is 0 Å². The molecule has 132 valence electrons. The van der Waals surface area contributed by atoms with E-state index in [1.54, 1.807) is 0 Å². The van der Waals surface area contributed by atoms with Crippen LogP contribution in [0.4, 0.5) is 0 Å². The minimum atomic E-state index is 0.343. The van der Waals surface area contributed by atoms with Gasteiger partial charge in [-0.05, 0) is 83.9 Å². The second kappa shape index (κ2) is 6.74. The fourth-order valence-corrected chi connectivity index (χ4v) is 5.19. The van der Waals surface area contributed by atoms with Crippen molar-refractivity contribution in [1.82, 2.24) is 0 Å². The minimum Gasteiger partial charge on any atom is -0.508 e. The van der Waals surface area contributed by atoms with E-state index in [0.29, 0.717) is 29.3 Å². The molecule has 1 fully saturated rings. The lowest BCUT2D eigenvalue weighted by atomic mass is 9.61. The zero-order valence-corrected chi connectivity index (χ0v) is 15.0. The average Bonchev–Trinajstić information content (AvgIpc) is 2.63. The molecule has 2 heteroatoms. The predicted molar refractivity (Wildman–Crippen MR) is 101 cm³/mol. The molecule has 2 aromatic carbocycles. The highest BCUT2D eigenvalue weighted by Gasteiger charge is 2.39. The molecule has 3 unspecified atom stereocenters. The van der Waals surface area contributed by atoms with Crippen LogP contribution >= 0.6 is 0 Å². The minimum absolute atomic E-state index is 0.343. The first kappa shape index (κ1) is 16.5. The van der Waals surface area contributed by atoms with Crippen molar-refractivity contribution in [2.24, 2.45) is 5.92 Å². The van der Waals surface area contributed by atoms with Gasteiger partial charge in [-0.3, -0.25) is 0 Å². The highest BCUT2D eigenvalue weighted by Crippen LogP contribution is 2.52. The van der Waals surface area contributed by atoms with Crippen LogP contribution in [0, 0.1) is 5.92 Å². The number of aromatic hydroxyl groups is 2. The van der Waals surface area contributed by atoms with Crippen molar-refractivity contribution in [2.75, 3.05) is 0 Å². The van der Waals surface area contributed by atoms with E-state index < -0.39 is 0 Å². The van der Waals surface area contributed by atoms with Crippen LogP contribution in [0.25, 0.3) is 0 Å². The first-order chi connectivity index (χ1) is 12.2. The molecule has 0 spiro atoms. The Bertz CT molecular complexity index is 747. The lowest BCUT2D eigenvalue weighted by Gasteiger charge is -2.43. The molecule has 0 aliphatic heterocycles. The summed E-state index contributed by atoms with van der Waals surface area (Å²) in [5, 5.41) is 20.1. The summed E-state index contributed by atoms with van der Waals surface area (Å²) < 4.78 is 0. The molecule has 0 aromatic heterocycles. The van der Waals surface area contributed by atoms with E-state index in [2.05, 4.69) is 31.2 Å². The smallest absolute Gasteiger partial charge is 0.119 e. The van der Waals surface area contributed by atoms with E-state index in [1.165, 1.54) is 42.4 Å². The van der Waals surface area contributed by atoms with Crippen LogP contribution in [0.2, 0.25) is 0 Å². The molecule has 2 N–H and O–H groups in total. The quantitative estimate of drug-likeness (QED) is 0.759. The Hall–Kier alpha value is -1.96. The summed E-state index contributed by atoms with van der Waals surface area (Å²) >= 11 is 0. The van der Waals surface area contributed by atoms with Gasteiger partial charge in [-0.25, -0.2) is 0 Å². The molecule has 0 bridgehead atoms. The molecule has 1 saturated carbocycles. The zero-order valence-electron chi connectivity index (χ0n) is 15.0. The van der Waals surface area contributed by atoms with Gasteiger partial charge in [0.15, 0.2) is 0 Å². The van der Waals surface area contributed by atoms with Gasteiger partial charge in [-0.15, -0.1) is 0 Å². The van der Waals surface area contributed by atoms with E-state index in [4.69, 9.17) is 0 Å². The molecule has 0 radical (unpaired) electrons. The van der Waals surface area contributed by atoms with Gasteiger partial charge < -0.3 is 10.2 Å². The molecule has 0 saturated heterocycles. The van der Waals surface area contributed by atoms with Gasteiger partial charge in [0.25, 0.3) is 0 Å². The number of phenolic OH excluding ortho intramolecular Hbond substituents is 2. The predicted octanol–water partition coefficient (Wildman–Crippen LogP) is 5.66. The third kappa shape index (κ3) is 3.03. The first-order valence-corrected chi connectivity index (χ1v) is 9.81. The SMILES string of the molecule is CCCc1cc2c(cc1O)C1CCCCC1C(c1ccc(O)cc1)C2. The molecule has 4 rings (SSSR count). The van der Waals surface area contributed by atoms with Crippen LogP contribution in [-0.2, 0) is 12.8 Å². The van der Waals surface area contributed by atoms with Gasteiger partial charge in [0.1, 0.15) is 11.5 Å². The van der Waals surface area contributed by atoms with Crippen molar-refractivity contribution >= 4 is 0 Å². The van der Waals surface area contributed by atoms with E-state index in [0.717, 1.165) is 24.8 Å². The number of hydrogen-bond donors (Lipinski definition) is 2. The number of fused-ring (bicyclic) bond motifs is 3. The summed E-state index contributed by atoms with van der Waals surface area (Å²) in [5.74, 6) is 2.58. The summed E-state index contributed by atoms with van der Waals surface area (Å²) in [6.45, 7) is 2.16. The average molecular weight is 336 g/mol. The normalized spacial score (nSPS) is 25.2. The molecule has 2 aliphatic rings. The van der Waals surface area contributed by atoms with Crippen molar-refractivity contribution < 1.29 is 10.2 Å². The van der Waals surface area contributed by atoms with Gasteiger partial charge in [0, 0.05) is 0 Å². The molecule has 25 heavy (non-hydrogen) atoms. The summed E-state index contributed by atoms with van der Waals surface area (Å²) in [6, 6.07) is 12.2. The number of benzene rings is 2. The van der Waals surface area contributed by atoms with Crippen LogP contribution in [0.5, 0.6) is 11.5 Å². The van der Waals surface area contributed by atoms with Crippen molar-refractivity contribution in [2.45, 2.75) is 63.7 Å². The summed E-state index contributed by atoms with van der Waals surface area (Å²) in [4.78, 5) is 0. The largest absolute Gasteiger partial charge is 0.508 e. The standard InChI is InChI=1S/C23H28O2/c1-2-5-16-12-17-13-21(15-8-10-18(24)11-9-15)19-6-3-4-7-20(19)22(17)14-23(16)25/h8-12,14,19-21,24-25H,2-7,13H2,1H3. The molecule has 3 atom stereocenters. The fraction of sp³-hybridized carbons (Fsp3) is 0.478. The Balaban J connectivity index is 1.76. The Morgan fingerprint density at radius 3 is 2.48 bits per heavy atom. The summed E-state index contributed by atoms with van der Waals surface area (Å²) in [7, 11) is 0. The fourth-order valence-electron chi connectivity index (χ4n) is 5.19. The Labute approximate surface area is 150 Å². The third-order valence-corrected chi connectivity index (χ3v) is 6.36. The van der Waals surface area contributed by atoms with Crippen LogP contribution in [0.3, 0.4) is 0 Å². The molecule has 2 aromatic rings. The zero-order chi connectivity index (χ0) is 17.4. The maximum absolute atomic E-state index is 10.5. The van der Waals surface area contributed by atoms with Crippen molar-refractivity contribution in [3.8, 4) is 11.5 Å². The first-order valence-electron chi connectivity index (χ1n) is 9.81. The van der Waals surface area contributed by atoms with E-state index >= 15 is 0 Å². The number of rotatable bonds is 3. The summed E-state index contributed by atoms with van der Waals surface area (Å²) in [5.41, 5.74) is 5.28. The molecular formula is C23H28O2. The molecule has 0 heterocycles. The Kier molecular flexibility index (Phi) is 4.45. The Morgan fingerprint density at radius 1 is 0.960 bits per heavy atom. The molecule has 2 nitrogen and oxygen atoms in total. The maximum Gasteiger partial charge on any atom is 0.119 e. The van der Waals surface area contributed by atoms with Gasteiger partial charge >= 0.3 is 0 Å². The van der Waals surface area contributed by atoms with E-state index in [1.807, 2.05) is 12.1 Å². The van der Waals surface area contributed by atoms with Crippen LogP contribution in [0.15, 0.2) is 36.4 Å². The highest BCUT2D eigenvalue weighted by atomic mass is 16.3. The second-order valence-electron chi connectivity index (χ2n) is 7.89. The van der Waals surface area contributed by atoms with Crippen LogP contribution in [0.1, 0.15) is 73.1 Å². The maximum atomic E-state index is 10.5. The lowest BCUT2D eigenvalue weighted by molar-refractivity contribution is 0.242. The third-order valence-electron chi connectivity index (χ3n) is 6.36. The monoisotopic (exact) mass is 336 g/mol. The van der Waals surface area contributed by atoms with E-state index in [9.17, 15) is 10.2 Å². The highest BCUT2D eigenvalue weighted by molar-refractivity contribution is 5.47. The number of hydrogen-bond acceptors (Lipinski definition) is 2. The van der Waals surface area contributed by atoms with Gasteiger partial charge in [0.2, 0.25) is 0 Å². The van der Waals surface area contributed by atoms with E-state index in [-0.39, 0.29) is 0 Å². The van der Waals surface area contributed by atoms with Crippen LogP contribution < -0.4 is 0 Å². The molecule has 2 aliphatic carbocycles. The lowest BCUT2D eigenvalue weighted by Crippen LogP contribution is -2.31. The van der Waals surface area contributed by atoms with Crippen molar-refractivity contribution in [1.29, 1.82) is 0 Å². The van der Waals surface area contributed by atoms with Crippen molar-refractivity contribution in [3.05, 3.63) is 58.7 Å². The molecule has 0 amide bonds. The second-order valence-corrected chi connectivity index (χ2v) is 7.89. The summed E-state index contributed by atoms with van der Waals surface area (Å²) in [6.07, 6.45) is 8.16. The van der Waals surface area contributed by atoms with Gasteiger partial charge in [-0.1, -0.05) is 44.4 Å². The van der Waals surface area contributed by atoms with Crippen LogP contribution in [-0.4, -0.2) is 10.2 Å².